The third-order valence-corrected chi connectivity index (χ3v) is 1.78. The second-order valence-corrected chi connectivity index (χ2v) is 3.73. The highest BCUT2D eigenvalue weighted by Gasteiger charge is 1.94. The highest BCUT2D eigenvalue weighted by molar-refractivity contribution is 4.92. The summed E-state index contributed by atoms with van der Waals surface area (Å²) in [6.45, 7) is 9.97. The zero-order valence-electron chi connectivity index (χ0n) is 8.93. The molecule has 0 saturated heterocycles. The molecule has 0 rings (SSSR count). The molecule has 72 valence electrons. The summed E-state index contributed by atoms with van der Waals surface area (Å²) in [5.74, 6) is 0.667. The minimum absolute atomic E-state index is 0.527. The third-order valence-electron chi connectivity index (χ3n) is 1.78. The van der Waals surface area contributed by atoms with Gasteiger partial charge in [-0.2, -0.15) is 0 Å². The Kier molecular flexibility index (Phi) is 7.17. The fourth-order valence-electron chi connectivity index (χ4n) is 0.963. The molecule has 1 heteroatoms. The third kappa shape index (κ3) is 7.80. The van der Waals surface area contributed by atoms with Crippen LogP contribution < -0.4 is 5.32 Å². The molecule has 1 N–H and O–H groups in total. The van der Waals surface area contributed by atoms with Gasteiger partial charge >= 0.3 is 0 Å². The lowest BCUT2D eigenvalue weighted by atomic mass is 10.1. The first-order valence-corrected chi connectivity index (χ1v) is 5.08. The lowest BCUT2D eigenvalue weighted by Gasteiger charge is -2.08. The minimum Gasteiger partial charge on any atom is -0.311 e. The Balaban J connectivity index is 3.38. The van der Waals surface area contributed by atoms with Gasteiger partial charge in [-0.05, 0) is 25.8 Å². The van der Waals surface area contributed by atoms with Crippen LogP contribution in [0.3, 0.4) is 0 Å². The molecule has 0 fully saturated rings. The van der Waals surface area contributed by atoms with Gasteiger partial charge in [0.1, 0.15) is 0 Å². The van der Waals surface area contributed by atoms with Crippen LogP contribution in [0, 0.1) is 5.92 Å². The number of hydrogen-bond donors (Lipinski definition) is 1. The standard InChI is InChI=1S/C11H23N/c1-5-6-9-12-11(4)8-7-10(2)3/h7-8,10-12H,5-6,9H2,1-4H3/b8-7-. The molecule has 0 amide bonds. The van der Waals surface area contributed by atoms with Crippen LogP contribution in [0.4, 0.5) is 0 Å². The van der Waals surface area contributed by atoms with Gasteiger partial charge in [-0.1, -0.05) is 39.3 Å². The van der Waals surface area contributed by atoms with E-state index >= 15 is 0 Å². The van der Waals surface area contributed by atoms with Crippen molar-refractivity contribution in [2.45, 2.75) is 46.6 Å². The molecule has 1 atom stereocenters. The van der Waals surface area contributed by atoms with E-state index in [4.69, 9.17) is 0 Å². The fourth-order valence-corrected chi connectivity index (χ4v) is 0.963. The van der Waals surface area contributed by atoms with Gasteiger partial charge in [0.15, 0.2) is 0 Å². The van der Waals surface area contributed by atoms with Crippen molar-refractivity contribution in [2.75, 3.05) is 6.54 Å². The first kappa shape index (κ1) is 11.7. The van der Waals surface area contributed by atoms with Crippen molar-refractivity contribution in [1.82, 2.24) is 5.32 Å². The molecule has 0 bridgehead atoms. The first-order chi connectivity index (χ1) is 5.66. The molecule has 0 spiro atoms. The van der Waals surface area contributed by atoms with Crippen molar-refractivity contribution in [3.63, 3.8) is 0 Å². The second-order valence-electron chi connectivity index (χ2n) is 3.73. The van der Waals surface area contributed by atoms with E-state index in [-0.39, 0.29) is 0 Å². The van der Waals surface area contributed by atoms with E-state index < -0.39 is 0 Å². The summed E-state index contributed by atoms with van der Waals surface area (Å²) in [5, 5.41) is 3.45. The van der Waals surface area contributed by atoms with Gasteiger partial charge in [-0.25, -0.2) is 0 Å². The molecule has 0 radical (unpaired) electrons. The van der Waals surface area contributed by atoms with Gasteiger partial charge in [-0.15, -0.1) is 0 Å². The maximum Gasteiger partial charge on any atom is 0.0221 e. The van der Waals surface area contributed by atoms with Crippen molar-refractivity contribution in [2.24, 2.45) is 5.92 Å². The van der Waals surface area contributed by atoms with Crippen LogP contribution in [0.1, 0.15) is 40.5 Å². The van der Waals surface area contributed by atoms with E-state index in [9.17, 15) is 0 Å². The molecule has 0 aromatic rings. The fraction of sp³-hybridized carbons (Fsp3) is 0.818. The van der Waals surface area contributed by atoms with Crippen LogP contribution in [0.5, 0.6) is 0 Å². The number of hydrogen-bond acceptors (Lipinski definition) is 1. The van der Waals surface area contributed by atoms with E-state index in [1.54, 1.807) is 0 Å². The molecular weight excluding hydrogens is 146 g/mol. The van der Waals surface area contributed by atoms with Crippen molar-refractivity contribution < 1.29 is 0 Å². The highest BCUT2D eigenvalue weighted by atomic mass is 14.9. The van der Waals surface area contributed by atoms with Gasteiger partial charge in [0.2, 0.25) is 0 Å². The smallest absolute Gasteiger partial charge is 0.0221 e. The first-order valence-electron chi connectivity index (χ1n) is 5.08. The average molecular weight is 169 g/mol. The van der Waals surface area contributed by atoms with Crippen molar-refractivity contribution in [1.29, 1.82) is 0 Å². The Morgan fingerprint density at radius 1 is 1.17 bits per heavy atom. The molecule has 0 aliphatic carbocycles. The number of allylic oxidation sites excluding steroid dienone is 1. The van der Waals surface area contributed by atoms with Gasteiger partial charge in [0, 0.05) is 6.04 Å². The lowest BCUT2D eigenvalue weighted by molar-refractivity contribution is 0.597. The second kappa shape index (κ2) is 7.35. The van der Waals surface area contributed by atoms with Crippen LogP contribution in [0.25, 0.3) is 0 Å². The Morgan fingerprint density at radius 3 is 2.33 bits per heavy atom. The summed E-state index contributed by atoms with van der Waals surface area (Å²) in [5.41, 5.74) is 0. The molecule has 0 aliphatic rings. The molecule has 1 unspecified atom stereocenters. The number of unbranched alkanes of at least 4 members (excludes halogenated alkanes) is 1. The summed E-state index contributed by atoms with van der Waals surface area (Å²) in [6, 6.07) is 0.527. The Bertz CT molecular complexity index is 116. The van der Waals surface area contributed by atoms with Crippen molar-refractivity contribution in [3.8, 4) is 0 Å². The topological polar surface area (TPSA) is 12.0 Å². The summed E-state index contributed by atoms with van der Waals surface area (Å²) >= 11 is 0. The molecule has 1 nitrogen and oxygen atoms in total. The molecule has 12 heavy (non-hydrogen) atoms. The number of rotatable bonds is 6. The molecule has 0 saturated carbocycles. The average Bonchev–Trinajstić information content (AvgIpc) is 2.01. The summed E-state index contributed by atoms with van der Waals surface area (Å²) in [7, 11) is 0. The normalized spacial score (nSPS) is 14.4. The zero-order valence-corrected chi connectivity index (χ0v) is 8.93. The largest absolute Gasteiger partial charge is 0.311 e. The quantitative estimate of drug-likeness (QED) is 0.476. The maximum atomic E-state index is 3.45. The Hall–Kier alpha value is -0.300. The maximum absolute atomic E-state index is 3.45. The SMILES string of the molecule is CCCCNC(C)/C=C\C(C)C. The highest BCUT2D eigenvalue weighted by Crippen LogP contribution is 1.95. The molecular formula is C11H23N. The molecule has 0 aromatic carbocycles. The van der Waals surface area contributed by atoms with E-state index in [2.05, 4.69) is 45.2 Å². The van der Waals surface area contributed by atoms with Crippen LogP contribution in [-0.2, 0) is 0 Å². The van der Waals surface area contributed by atoms with Gasteiger partial charge in [0.05, 0.1) is 0 Å². The van der Waals surface area contributed by atoms with Crippen LogP contribution in [0.15, 0.2) is 12.2 Å². The number of nitrogens with one attached hydrogen (secondary N) is 1. The molecule has 0 heterocycles. The van der Waals surface area contributed by atoms with Gasteiger partial charge in [-0.3, -0.25) is 0 Å². The van der Waals surface area contributed by atoms with E-state index in [1.807, 2.05) is 0 Å². The zero-order chi connectivity index (χ0) is 9.40. The van der Waals surface area contributed by atoms with Crippen LogP contribution in [0.2, 0.25) is 0 Å². The predicted molar refractivity (Wildman–Crippen MR) is 56.4 cm³/mol. The summed E-state index contributed by atoms with van der Waals surface area (Å²) < 4.78 is 0. The van der Waals surface area contributed by atoms with Crippen molar-refractivity contribution >= 4 is 0 Å². The minimum atomic E-state index is 0.527. The van der Waals surface area contributed by atoms with Gasteiger partial charge in [0.25, 0.3) is 0 Å². The Labute approximate surface area is 77.2 Å². The van der Waals surface area contributed by atoms with E-state index in [1.165, 1.54) is 12.8 Å². The molecule has 0 aliphatic heterocycles. The summed E-state index contributed by atoms with van der Waals surface area (Å²) in [4.78, 5) is 0. The molecule has 0 aromatic heterocycles. The van der Waals surface area contributed by atoms with Crippen molar-refractivity contribution in [3.05, 3.63) is 12.2 Å². The van der Waals surface area contributed by atoms with E-state index in [0.29, 0.717) is 12.0 Å². The van der Waals surface area contributed by atoms with E-state index in [0.717, 1.165) is 6.54 Å². The lowest BCUT2D eigenvalue weighted by Crippen LogP contribution is -2.24. The predicted octanol–water partition coefficient (Wildman–Crippen LogP) is 2.98. The van der Waals surface area contributed by atoms with Gasteiger partial charge < -0.3 is 5.32 Å². The summed E-state index contributed by atoms with van der Waals surface area (Å²) in [6.07, 6.45) is 7.05. The van der Waals surface area contributed by atoms with Crippen LogP contribution >= 0.6 is 0 Å². The Morgan fingerprint density at radius 2 is 1.83 bits per heavy atom. The monoisotopic (exact) mass is 169 g/mol. The van der Waals surface area contributed by atoms with Crippen LogP contribution in [-0.4, -0.2) is 12.6 Å².